The first-order chi connectivity index (χ1) is 16.6. The summed E-state index contributed by atoms with van der Waals surface area (Å²) in [4.78, 5) is 18.4. The van der Waals surface area contributed by atoms with Crippen molar-refractivity contribution in [1.29, 1.82) is 5.41 Å². The molecule has 0 aliphatic heterocycles. The lowest BCUT2D eigenvalue weighted by Gasteiger charge is -2.22. The highest BCUT2D eigenvalue weighted by Crippen LogP contribution is 2.23. The molecule has 0 radical (unpaired) electrons. The first-order valence-electron chi connectivity index (χ1n) is 10.6. The summed E-state index contributed by atoms with van der Waals surface area (Å²) < 4.78 is 11.4. The molecule has 0 unspecified atom stereocenters. The Bertz CT molecular complexity index is 1220. The van der Waals surface area contributed by atoms with Crippen LogP contribution >= 0.6 is 0 Å². The molecule has 4 N–H and O–H groups in total. The Morgan fingerprint density at radius 1 is 0.971 bits per heavy atom. The predicted octanol–water partition coefficient (Wildman–Crippen LogP) is 4.36. The van der Waals surface area contributed by atoms with E-state index in [1.807, 2.05) is 67.6 Å². The van der Waals surface area contributed by atoms with Gasteiger partial charge in [-0.3, -0.25) is 15.3 Å². The molecule has 0 aliphatic rings. The van der Waals surface area contributed by atoms with Gasteiger partial charge in [0, 0.05) is 18.4 Å². The van der Waals surface area contributed by atoms with Gasteiger partial charge in [0.1, 0.15) is 11.5 Å². The van der Waals surface area contributed by atoms with Crippen LogP contribution in [0.15, 0.2) is 79.1 Å². The Morgan fingerprint density at radius 3 is 2.44 bits per heavy atom. The van der Waals surface area contributed by atoms with Crippen LogP contribution in [-0.2, 0) is 11.3 Å². The zero-order valence-corrected chi connectivity index (χ0v) is 18.5. The number of pyridine rings is 1. The van der Waals surface area contributed by atoms with Crippen molar-refractivity contribution in [1.82, 2.24) is 19.9 Å². The number of aromatic nitrogens is 4. The van der Waals surface area contributed by atoms with Crippen molar-refractivity contribution in [2.45, 2.75) is 13.5 Å². The van der Waals surface area contributed by atoms with E-state index < -0.39 is 0 Å². The minimum atomic E-state index is -0.0435. The number of hydrogen-bond acceptors (Lipinski definition) is 9. The maximum absolute atomic E-state index is 8.27. The molecule has 0 bridgehead atoms. The molecule has 10 nitrogen and oxygen atoms in total. The summed E-state index contributed by atoms with van der Waals surface area (Å²) in [5.74, 6) is 2.08. The molecule has 0 spiro atoms. The van der Waals surface area contributed by atoms with Crippen molar-refractivity contribution in [3.05, 3.63) is 84.9 Å². The van der Waals surface area contributed by atoms with Gasteiger partial charge in [-0.2, -0.15) is 15.0 Å². The second kappa shape index (κ2) is 10.7. The predicted molar refractivity (Wildman–Crippen MR) is 130 cm³/mol. The second-order valence-corrected chi connectivity index (χ2v) is 7.05. The highest BCUT2D eigenvalue weighted by atomic mass is 16.5. The minimum absolute atomic E-state index is 0.0408. The number of nitrogens with zero attached hydrogens (tertiary/aromatic N) is 5. The van der Waals surface area contributed by atoms with E-state index in [9.17, 15) is 0 Å². The number of benzene rings is 2. The quantitative estimate of drug-likeness (QED) is 0.261. The van der Waals surface area contributed by atoms with Gasteiger partial charge in [0.05, 0.1) is 11.9 Å². The van der Waals surface area contributed by atoms with E-state index in [0.717, 1.165) is 17.1 Å². The lowest BCUT2D eigenvalue weighted by atomic mass is 10.3. The molecule has 0 fully saturated rings. The second-order valence-electron chi connectivity index (χ2n) is 7.05. The smallest absolute Gasteiger partial charge is 0.289 e. The number of hydrogen-bond donors (Lipinski definition) is 3. The van der Waals surface area contributed by atoms with Crippen molar-refractivity contribution in [3.63, 3.8) is 0 Å². The number of para-hydroxylation sites is 1. The van der Waals surface area contributed by atoms with Crippen molar-refractivity contribution in [3.8, 4) is 11.5 Å². The monoisotopic (exact) mass is 456 g/mol. The van der Waals surface area contributed by atoms with Crippen LogP contribution in [0.4, 0.5) is 23.3 Å². The fraction of sp³-hybridized carbons (Fsp3) is 0.125. The molecule has 0 atom stereocenters. The van der Waals surface area contributed by atoms with Crippen molar-refractivity contribution in [2.75, 3.05) is 22.5 Å². The van der Waals surface area contributed by atoms with Gasteiger partial charge in [0.2, 0.25) is 11.9 Å². The number of nitrogen functional groups attached to an aromatic ring is 1. The summed E-state index contributed by atoms with van der Waals surface area (Å²) in [5.41, 5.74) is 7.36. The Morgan fingerprint density at radius 2 is 1.74 bits per heavy atom. The lowest BCUT2D eigenvalue weighted by molar-refractivity contribution is 0.271. The van der Waals surface area contributed by atoms with Gasteiger partial charge in [-0.25, -0.2) is 0 Å². The molecule has 34 heavy (non-hydrogen) atoms. The molecule has 4 aromatic rings. The molecular formula is C24H24N8O2. The Labute approximate surface area is 197 Å². The standard InChI is InChI=1S/C24H24N8O2/c1-2-32(18-7-6-14-27-15-18)23(26)33-16-21-29-22(25)31-24(30-21)28-17-10-12-20(13-11-17)34-19-8-4-3-5-9-19/h3-15,26H,2,16H2,1H3,(H3,25,28,29,30,31). The number of ether oxygens (including phenoxy) is 2. The van der Waals surface area contributed by atoms with Crippen molar-refractivity contribution in [2.24, 2.45) is 0 Å². The maximum atomic E-state index is 8.27. The molecule has 2 aromatic heterocycles. The highest BCUT2D eigenvalue weighted by molar-refractivity contribution is 5.89. The van der Waals surface area contributed by atoms with Gasteiger partial charge in [0.25, 0.3) is 6.02 Å². The molecule has 0 saturated carbocycles. The Balaban J connectivity index is 1.38. The molecule has 172 valence electrons. The van der Waals surface area contributed by atoms with E-state index >= 15 is 0 Å². The van der Waals surface area contributed by atoms with E-state index in [1.165, 1.54) is 0 Å². The summed E-state index contributed by atoms with van der Waals surface area (Å²) in [6.07, 6.45) is 3.34. The van der Waals surface area contributed by atoms with Gasteiger partial charge in [-0.15, -0.1) is 0 Å². The Kier molecular flexibility index (Phi) is 7.09. The summed E-state index contributed by atoms with van der Waals surface area (Å²) in [6.45, 7) is 2.42. The van der Waals surface area contributed by atoms with Crippen molar-refractivity contribution < 1.29 is 9.47 Å². The Hall–Kier alpha value is -4.73. The van der Waals surface area contributed by atoms with Gasteiger partial charge in [-0.05, 0) is 55.5 Å². The molecule has 4 rings (SSSR count). The van der Waals surface area contributed by atoms with Crippen LogP contribution in [0.25, 0.3) is 0 Å². The van der Waals surface area contributed by atoms with E-state index in [4.69, 9.17) is 20.6 Å². The number of nitrogens with two attached hydrogens (primary N) is 1. The first-order valence-corrected chi connectivity index (χ1v) is 10.6. The molecule has 0 amide bonds. The van der Waals surface area contributed by atoms with Crippen LogP contribution in [0.2, 0.25) is 0 Å². The average molecular weight is 457 g/mol. The molecule has 0 saturated heterocycles. The highest BCUT2D eigenvalue weighted by Gasteiger charge is 2.13. The maximum Gasteiger partial charge on any atom is 0.289 e. The average Bonchev–Trinajstić information content (AvgIpc) is 2.85. The third-order valence-electron chi connectivity index (χ3n) is 4.65. The van der Waals surface area contributed by atoms with E-state index in [2.05, 4.69) is 25.3 Å². The number of rotatable bonds is 8. The van der Waals surface area contributed by atoms with Gasteiger partial charge in [-0.1, -0.05) is 18.2 Å². The van der Waals surface area contributed by atoms with Crippen LogP contribution < -0.4 is 20.7 Å². The number of nitrogens with one attached hydrogen (secondary N) is 2. The molecule has 2 aromatic carbocycles. The third kappa shape index (κ3) is 5.94. The van der Waals surface area contributed by atoms with Crippen LogP contribution in [0.3, 0.4) is 0 Å². The topological polar surface area (TPSA) is 135 Å². The lowest BCUT2D eigenvalue weighted by Crippen LogP contribution is -2.32. The fourth-order valence-electron chi connectivity index (χ4n) is 3.09. The number of amidine groups is 1. The van der Waals surface area contributed by atoms with Crippen LogP contribution in [0, 0.1) is 5.41 Å². The van der Waals surface area contributed by atoms with Gasteiger partial charge in [0.15, 0.2) is 12.4 Å². The van der Waals surface area contributed by atoms with Crippen LogP contribution in [0.1, 0.15) is 12.7 Å². The SMILES string of the molecule is CCN(C(=N)OCc1nc(N)nc(Nc2ccc(Oc3ccccc3)cc2)n1)c1cccnc1. The number of anilines is 4. The molecule has 10 heteroatoms. The van der Waals surface area contributed by atoms with Crippen LogP contribution in [-0.4, -0.2) is 32.5 Å². The minimum Gasteiger partial charge on any atom is -0.457 e. The molecular weight excluding hydrogens is 432 g/mol. The zero-order chi connectivity index (χ0) is 23.8. The molecule has 2 heterocycles. The van der Waals surface area contributed by atoms with Crippen molar-refractivity contribution >= 4 is 29.3 Å². The summed E-state index contributed by atoms with van der Waals surface area (Å²) >= 11 is 0. The first kappa shape index (κ1) is 22.5. The summed E-state index contributed by atoms with van der Waals surface area (Å²) in [5, 5.41) is 11.4. The third-order valence-corrected chi connectivity index (χ3v) is 4.65. The normalized spacial score (nSPS) is 10.4. The summed E-state index contributed by atoms with van der Waals surface area (Å²) in [7, 11) is 0. The van der Waals surface area contributed by atoms with Crippen LogP contribution in [0.5, 0.6) is 11.5 Å². The largest absolute Gasteiger partial charge is 0.457 e. The van der Waals surface area contributed by atoms with Gasteiger partial charge >= 0.3 is 0 Å². The zero-order valence-electron chi connectivity index (χ0n) is 18.5. The molecule has 0 aliphatic carbocycles. The summed E-state index contributed by atoms with van der Waals surface area (Å²) in [6, 6.07) is 20.5. The van der Waals surface area contributed by atoms with E-state index in [-0.39, 0.29) is 24.5 Å². The fourth-order valence-corrected chi connectivity index (χ4v) is 3.09. The van der Waals surface area contributed by atoms with Gasteiger partial charge < -0.3 is 20.5 Å². The van der Waals surface area contributed by atoms with E-state index in [1.54, 1.807) is 23.4 Å². The van der Waals surface area contributed by atoms with E-state index in [0.29, 0.717) is 18.1 Å².